The van der Waals surface area contributed by atoms with Crippen LogP contribution >= 0.6 is 0 Å². The lowest BCUT2D eigenvalue weighted by Crippen LogP contribution is -2.50. The van der Waals surface area contributed by atoms with Gasteiger partial charge in [-0.1, -0.05) is 13.0 Å². The lowest BCUT2D eigenvalue weighted by atomic mass is 9.99. The molecule has 0 bridgehead atoms. The number of benzene rings is 1. The highest BCUT2D eigenvalue weighted by atomic mass is 16.5. The molecule has 1 aromatic rings. The largest absolute Gasteiger partial charge is 0.493 e. The van der Waals surface area contributed by atoms with E-state index in [0.29, 0.717) is 24.5 Å². The number of β-amino-alcohol motifs (C(OH)–C–C–N with tert-alkyl or cyclic N) is 1. The van der Waals surface area contributed by atoms with Crippen molar-refractivity contribution in [2.45, 2.75) is 13.3 Å². The predicted octanol–water partition coefficient (Wildman–Crippen LogP) is 1.02. The fourth-order valence-electron chi connectivity index (χ4n) is 3.09. The molecule has 0 radical (unpaired) electrons. The highest BCUT2D eigenvalue weighted by Crippen LogP contribution is 2.28. The zero-order valence-electron chi connectivity index (χ0n) is 14.8. The lowest BCUT2D eigenvalue weighted by Gasteiger charge is -2.35. The quantitative estimate of drug-likeness (QED) is 0.805. The summed E-state index contributed by atoms with van der Waals surface area (Å²) in [6.07, 6.45) is 0.677. The number of methoxy groups -OCH3 is 2. The van der Waals surface area contributed by atoms with Crippen molar-refractivity contribution >= 4 is 5.91 Å². The first kappa shape index (κ1) is 18.5. The highest BCUT2D eigenvalue weighted by Gasteiger charge is 2.25. The van der Waals surface area contributed by atoms with Crippen molar-refractivity contribution in [2.24, 2.45) is 5.92 Å². The van der Waals surface area contributed by atoms with Gasteiger partial charge in [0.05, 0.1) is 20.8 Å². The Morgan fingerprint density at radius 2 is 1.83 bits per heavy atom. The molecule has 0 aliphatic carbocycles. The predicted molar refractivity (Wildman–Crippen MR) is 92.5 cm³/mol. The molecule has 1 fully saturated rings. The minimum Gasteiger partial charge on any atom is -0.493 e. The topological polar surface area (TPSA) is 62.2 Å². The maximum absolute atomic E-state index is 12.6. The summed E-state index contributed by atoms with van der Waals surface area (Å²) < 4.78 is 10.6. The summed E-state index contributed by atoms with van der Waals surface area (Å²) in [7, 11) is 3.22. The Balaban J connectivity index is 1.92. The van der Waals surface area contributed by atoms with E-state index in [1.54, 1.807) is 14.2 Å². The number of hydrogen-bond donors (Lipinski definition) is 1. The average molecular weight is 336 g/mol. The molecule has 1 aliphatic rings. The lowest BCUT2D eigenvalue weighted by molar-refractivity contribution is -0.136. The molecule has 2 rings (SSSR count). The number of piperazine rings is 1. The number of nitrogens with zero attached hydrogens (tertiary/aromatic N) is 2. The molecule has 1 atom stereocenters. The van der Waals surface area contributed by atoms with E-state index < -0.39 is 0 Å². The Kier molecular flexibility index (Phi) is 6.87. The molecule has 1 N–H and O–H groups in total. The maximum atomic E-state index is 12.6. The van der Waals surface area contributed by atoms with Gasteiger partial charge in [0.2, 0.25) is 5.91 Å². The standard InChI is InChI=1S/C18H28N2O4/c1-14(12-15-4-5-16(23-2)17(13-15)24-3)18(22)20-8-6-19(7-9-20)10-11-21/h4-5,13-14,21H,6-12H2,1-3H3. The molecule has 6 nitrogen and oxygen atoms in total. The summed E-state index contributed by atoms with van der Waals surface area (Å²) in [4.78, 5) is 16.8. The molecule has 0 aromatic heterocycles. The van der Waals surface area contributed by atoms with E-state index in [4.69, 9.17) is 14.6 Å². The Morgan fingerprint density at radius 1 is 1.17 bits per heavy atom. The molecule has 1 amide bonds. The average Bonchev–Trinajstić information content (AvgIpc) is 2.61. The summed E-state index contributed by atoms with van der Waals surface area (Å²) in [6.45, 7) is 5.95. The van der Waals surface area contributed by atoms with Gasteiger partial charge in [0.1, 0.15) is 0 Å². The van der Waals surface area contributed by atoms with E-state index in [-0.39, 0.29) is 18.4 Å². The van der Waals surface area contributed by atoms with E-state index in [9.17, 15) is 4.79 Å². The van der Waals surface area contributed by atoms with Crippen LogP contribution in [-0.2, 0) is 11.2 Å². The van der Waals surface area contributed by atoms with Gasteiger partial charge in [-0.05, 0) is 24.1 Å². The number of aliphatic hydroxyl groups excluding tert-OH is 1. The molecule has 1 aliphatic heterocycles. The van der Waals surface area contributed by atoms with Gasteiger partial charge in [0.15, 0.2) is 11.5 Å². The van der Waals surface area contributed by atoms with Crippen LogP contribution in [0.4, 0.5) is 0 Å². The number of aliphatic hydroxyl groups is 1. The minimum atomic E-state index is -0.0764. The van der Waals surface area contributed by atoms with Crippen LogP contribution in [-0.4, -0.2) is 74.4 Å². The smallest absolute Gasteiger partial charge is 0.225 e. The van der Waals surface area contributed by atoms with Crippen molar-refractivity contribution in [2.75, 3.05) is 53.6 Å². The van der Waals surface area contributed by atoms with Crippen LogP contribution in [0.5, 0.6) is 11.5 Å². The second kappa shape index (κ2) is 8.89. The van der Waals surface area contributed by atoms with E-state index in [2.05, 4.69) is 4.90 Å². The van der Waals surface area contributed by atoms with Crippen LogP contribution in [0.3, 0.4) is 0 Å². The summed E-state index contributed by atoms with van der Waals surface area (Å²) in [5.74, 6) is 1.49. The van der Waals surface area contributed by atoms with Crippen molar-refractivity contribution in [3.63, 3.8) is 0 Å². The second-order valence-electron chi connectivity index (χ2n) is 6.19. The summed E-state index contributed by atoms with van der Waals surface area (Å²) in [5.41, 5.74) is 1.06. The molecule has 1 aromatic carbocycles. The molecule has 1 saturated heterocycles. The SMILES string of the molecule is COc1ccc(CC(C)C(=O)N2CCN(CCO)CC2)cc1OC. The third-order valence-electron chi connectivity index (χ3n) is 4.51. The Morgan fingerprint density at radius 3 is 2.42 bits per heavy atom. The van der Waals surface area contributed by atoms with Gasteiger partial charge in [-0.2, -0.15) is 0 Å². The van der Waals surface area contributed by atoms with Crippen molar-refractivity contribution in [1.82, 2.24) is 9.80 Å². The fourth-order valence-corrected chi connectivity index (χ4v) is 3.09. The molecule has 134 valence electrons. The zero-order valence-corrected chi connectivity index (χ0v) is 14.8. The third-order valence-corrected chi connectivity index (χ3v) is 4.51. The van der Waals surface area contributed by atoms with Gasteiger partial charge < -0.3 is 19.5 Å². The highest BCUT2D eigenvalue weighted by molar-refractivity contribution is 5.79. The molecular weight excluding hydrogens is 308 g/mol. The maximum Gasteiger partial charge on any atom is 0.225 e. The van der Waals surface area contributed by atoms with Gasteiger partial charge in [-0.25, -0.2) is 0 Å². The van der Waals surface area contributed by atoms with Crippen molar-refractivity contribution in [3.05, 3.63) is 23.8 Å². The minimum absolute atomic E-state index is 0.0764. The molecule has 6 heteroatoms. The Bertz CT molecular complexity index is 542. The monoisotopic (exact) mass is 336 g/mol. The molecule has 1 unspecified atom stereocenters. The molecule has 0 spiro atoms. The second-order valence-corrected chi connectivity index (χ2v) is 6.19. The summed E-state index contributed by atoms with van der Waals surface area (Å²) >= 11 is 0. The number of amides is 1. The summed E-state index contributed by atoms with van der Waals surface area (Å²) in [5, 5.41) is 8.98. The fraction of sp³-hybridized carbons (Fsp3) is 0.611. The zero-order chi connectivity index (χ0) is 17.5. The van der Waals surface area contributed by atoms with Crippen LogP contribution in [0, 0.1) is 5.92 Å². The van der Waals surface area contributed by atoms with Crippen molar-refractivity contribution in [1.29, 1.82) is 0 Å². The van der Waals surface area contributed by atoms with Crippen LogP contribution in [0.1, 0.15) is 12.5 Å². The normalized spacial score (nSPS) is 16.8. The van der Waals surface area contributed by atoms with Gasteiger partial charge in [0, 0.05) is 38.6 Å². The first-order chi connectivity index (χ1) is 11.6. The Labute approximate surface area is 144 Å². The number of carbonyl (C=O) groups excluding carboxylic acids is 1. The van der Waals surface area contributed by atoms with Gasteiger partial charge in [0.25, 0.3) is 0 Å². The van der Waals surface area contributed by atoms with E-state index in [1.807, 2.05) is 30.0 Å². The van der Waals surface area contributed by atoms with Crippen molar-refractivity contribution < 1.29 is 19.4 Å². The molecule has 1 heterocycles. The van der Waals surface area contributed by atoms with Crippen LogP contribution in [0.15, 0.2) is 18.2 Å². The first-order valence-electron chi connectivity index (χ1n) is 8.42. The number of ether oxygens (including phenoxy) is 2. The number of rotatable bonds is 7. The number of hydrogen-bond acceptors (Lipinski definition) is 5. The van der Waals surface area contributed by atoms with Gasteiger partial charge >= 0.3 is 0 Å². The summed E-state index contributed by atoms with van der Waals surface area (Å²) in [6, 6.07) is 5.78. The van der Waals surface area contributed by atoms with Crippen LogP contribution in [0.2, 0.25) is 0 Å². The molecule has 0 saturated carbocycles. The molecular formula is C18H28N2O4. The van der Waals surface area contributed by atoms with Gasteiger partial charge in [-0.15, -0.1) is 0 Å². The van der Waals surface area contributed by atoms with E-state index >= 15 is 0 Å². The Hall–Kier alpha value is -1.79. The molecule has 24 heavy (non-hydrogen) atoms. The van der Waals surface area contributed by atoms with E-state index in [1.165, 1.54) is 0 Å². The first-order valence-corrected chi connectivity index (χ1v) is 8.42. The van der Waals surface area contributed by atoms with E-state index in [0.717, 1.165) is 31.7 Å². The van der Waals surface area contributed by atoms with Crippen LogP contribution in [0.25, 0.3) is 0 Å². The van der Waals surface area contributed by atoms with Crippen molar-refractivity contribution in [3.8, 4) is 11.5 Å². The number of carbonyl (C=O) groups is 1. The third kappa shape index (κ3) is 4.61. The van der Waals surface area contributed by atoms with Crippen LogP contribution < -0.4 is 9.47 Å². The van der Waals surface area contributed by atoms with Gasteiger partial charge in [-0.3, -0.25) is 9.69 Å².